The quantitative estimate of drug-likeness (QED) is 0.689. The molecule has 0 aliphatic heterocycles. The Balaban J connectivity index is 1.82. The highest BCUT2D eigenvalue weighted by Gasteiger charge is 2.19. The van der Waals surface area contributed by atoms with E-state index in [1.54, 1.807) is 48.9 Å². The van der Waals surface area contributed by atoms with Crippen LogP contribution in [0.4, 0.5) is 4.39 Å². The number of nitrogens with zero attached hydrogens (tertiary/aromatic N) is 2. The van der Waals surface area contributed by atoms with E-state index < -0.39 is 0 Å². The van der Waals surface area contributed by atoms with E-state index in [0.717, 1.165) is 5.56 Å². The molecule has 0 fully saturated rings. The predicted octanol–water partition coefficient (Wildman–Crippen LogP) is 4.87. The van der Waals surface area contributed by atoms with Crippen LogP contribution in [0.3, 0.4) is 0 Å². The Morgan fingerprint density at radius 3 is 2.50 bits per heavy atom. The second kappa shape index (κ2) is 7.48. The average molecular weight is 392 g/mol. The number of halogens is 3. The van der Waals surface area contributed by atoms with Gasteiger partial charge < -0.3 is 5.32 Å². The van der Waals surface area contributed by atoms with E-state index in [9.17, 15) is 9.18 Å². The summed E-state index contributed by atoms with van der Waals surface area (Å²) < 4.78 is 14.7. The number of rotatable bonds is 4. The second-order valence-electron chi connectivity index (χ2n) is 5.85. The molecule has 0 bridgehead atoms. The normalized spacial score (nSPS) is 10.8. The van der Waals surface area contributed by atoms with Crippen LogP contribution >= 0.6 is 23.2 Å². The molecule has 1 aromatic heterocycles. The first-order valence-corrected chi connectivity index (χ1v) is 8.66. The number of nitrogens with one attached hydrogen (secondary N) is 1. The predicted molar refractivity (Wildman–Crippen MR) is 101 cm³/mol. The van der Waals surface area contributed by atoms with E-state index in [1.807, 2.05) is 0 Å². The number of hydrogen-bond donors (Lipinski definition) is 1. The molecule has 1 N–H and O–H groups in total. The molecule has 0 radical (unpaired) electrons. The van der Waals surface area contributed by atoms with Crippen molar-refractivity contribution >= 4 is 29.1 Å². The molecule has 3 aromatic rings. The maximum absolute atomic E-state index is 13.1. The Kier molecular flexibility index (Phi) is 5.30. The van der Waals surface area contributed by atoms with Crippen molar-refractivity contribution in [2.45, 2.75) is 20.4 Å². The van der Waals surface area contributed by atoms with Crippen LogP contribution in [0.2, 0.25) is 10.0 Å². The standard InChI is InChI=1S/C19H16Cl2FN3O/c1-11-18(12(2)25(24-11)16-7-5-15(22)6-8-16)19(26)23-10-13-3-4-14(20)9-17(13)21/h3-9H,10H2,1-2H3,(H,23,26). The fourth-order valence-corrected chi connectivity index (χ4v) is 3.21. The maximum Gasteiger partial charge on any atom is 0.255 e. The molecule has 1 amide bonds. The van der Waals surface area contributed by atoms with Crippen LogP contribution in [0.5, 0.6) is 0 Å². The Bertz CT molecular complexity index is 968. The number of carbonyl (C=O) groups is 1. The highest BCUT2D eigenvalue weighted by atomic mass is 35.5. The van der Waals surface area contributed by atoms with Crippen molar-refractivity contribution in [3.05, 3.63) is 80.8 Å². The zero-order valence-electron chi connectivity index (χ0n) is 14.2. The number of benzene rings is 2. The zero-order chi connectivity index (χ0) is 18.8. The third kappa shape index (κ3) is 3.74. The van der Waals surface area contributed by atoms with Gasteiger partial charge in [0.05, 0.1) is 22.6 Å². The fourth-order valence-electron chi connectivity index (χ4n) is 2.73. The molecule has 0 aliphatic rings. The highest BCUT2D eigenvalue weighted by Crippen LogP contribution is 2.22. The minimum atomic E-state index is -0.326. The molecule has 0 spiro atoms. The summed E-state index contributed by atoms with van der Waals surface area (Å²) in [6.45, 7) is 3.83. The van der Waals surface area contributed by atoms with E-state index in [4.69, 9.17) is 23.2 Å². The number of hydrogen-bond acceptors (Lipinski definition) is 2. The van der Waals surface area contributed by atoms with Crippen LogP contribution in [0.25, 0.3) is 5.69 Å². The molecule has 0 saturated heterocycles. The lowest BCUT2D eigenvalue weighted by atomic mass is 10.1. The molecule has 26 heavy (non-hydrogen) atoms. The van der Waals surface area contributed by atoms with E-state index in [0.29, 0.717) is 32.7 Å². The summed E-state index contributed by atoms with van der Waals surface area (Å²) >= 11 is 12.0. The van der Waals surface area contributed by atoms with E-state index >= 15 is 0 Å². The van der Waals surface area contributed by atoms with Crippen molar-refractivity contribution in [1.29, 1.82) is 0 Å². The lowest BCUT2D eigenvalue weighted by Crippen LogP contribution is -2.24. The molecule has 0 aliphatic carbocycles. The topological polar surface area (TPSA) is 46.9 Å². The summed E-state index contributed by atoms with van der Waals surface area (Å²) in [6.07, 6.45) is 0. The number of carbonyl (C=O) groups excluding carboxylic acids is 1. The van der Waals surface area contributed by atoms with Gasteiger partial charge in [-0.25, -0.2) is 9.07 Å². The molecular formula is C19H16Cl2FN3O. The van der Waals surface area contributed by atoms with Gasteiger partial charge in [0, 0.05) is 16.6 Å². The molecule has 134 valence electrons. The van der Waals surface area contributed by atoms with Crippen molar-refractivity contribution in [2.24, 2.45) is 0 Å². The summed E-state index contributed by atoms with van der Waals surface area (Å²) in [7, 11) is 0. The third-order valence-electron chi connectivity index (χ3n) is 4.04. The van der Waals surface area contributed by atoms with Gasteiger partial charge in [-0.1, -0.05) is 29.3 Å². The Morgan fingerprint density at radius 2 is 1.85 bits per heavy atom. The van der Waals surface area contributed by atoms with Crippen molar-refractivity contribution in [3.63, 3.8) is 0 Å². The van der Waals surface area contributed by atoms with E-state index in [1.165, 1.54) is 12.1 Å². The third-order valence-corrected chi connectivity index (χ3v) is 4.63. The fraction of sp³-hybridized carbons (Fsp3) is 0.158. The van der Waals surface area contributed by atoms with Crippen molar-refractivity contribution in [3.8, 4) is 5.69 Å². The van der Waals surface area contributed by atoms with Gasteiger partial charge in [0.15, 0.2) is 0 Å². The molecule has 0 atom stereocenters. The summed E-state index contributed by atoms with van der Waals surface area (Å²) in [5.74, 6) is -0.576. The number of aromatic nitrogens is 2. The molecule has 0 unspecified atom stereocenters. The number of amides is 1. The first-order chi connectivity index (χ1) is 12.4. The largest absolute Gasteiger partial charge is 0.348 e. The van der Waals surface area contributed by atoms with Gasteiger partial charge in [0.2, 0.25) is 0 Å². The molecule has 4 nitrogen and oxygen atoms in total. The Hall–Kier alpha value is -2.37. The molecule has 1 heterocycles. The molecule has 0 saturated carbocycles. The SMILES string of the molecule is Cc1nn(-c2ccc(F)cc2)c(C)c1C(=O)NCc1ccc(Cl)cc1Cl. The van der Waals surface area contributed by atoms with E-state index in [-0.39, 0.29) is 18.3 Å². The summed E-state index contributed by atoms with van der Waals surface area (Å²) in [6, 6.07) is 11.1. The summed E-state index contributed by atoms with van der Waals surface area (Å²) in [5, 5.41) is 8.29. The second-order valence-corrected chi connectivity index (χ2v) is 6.70. The van der Waals surface area contributed by atoms with Crippen LogP contribution in [0.15, 0.2) is 42.5 Å². The van der Waals surface area contributed by atoms with Crippen molar-refractivity contribution < 1.29 is 9.18 Å². The van der Waals surface area contributed by atoms with Crippen molar-refractivity contribution in [1.82, 2.24) is 15.1 Å². The van der Waals surface area contributed by atoms with Gasteiger partial charge in [-0.3, -0.25) is 4.79 Å². The first kappa shape index (κ1) is 18.4. The van der Waals surface area contributed by atoms with Crippen LogP contribution in [0.1, 0.15) is 27.3 Å². The van der Waals surface area contributed by atoms with Gasteiger partial charge in [-0.2, -0.15) is 5.10 Å². The summed E-state index contributed by atoms with van der Waals surface area (Å²) in [5.41, 5.74) is 3.21. The number of aryl methyl sites for hydroxylation is 1. The minimum Gasteiger partial charge on any atom is -0.348 e. The van der Waals surface area contributed by atoms with Crippen LogP contribution in [0, 0.1) is 19.7 Å². The van der Waals surface area contributed by atoms with Crippen LogP contribution < -0.4 is 5.32 Å². The average Bonchev–Trinajstić information content (AvgIpc) is 2.89. The first-order valence-electron chi connectivity index (χ1n) is 7.91. The zero-order valence-corrected chi connectivity index (χ0v) is 15.7. The van der Waals surface area contributed by atoms with Crippen LogP contribution in [-0.4, -0.2) is 15.7 Å². The van der Waals surface area contributed by atoms with Gasteiger partial charge in [-0.15, -0.1) is 0 Å². The lowest BCUT2D eigenvalue weighted by Gasteiger charge is -2.08. The molecular weight excluding hydrogens is 376 g/mol. The Morgan fingerprint density at radius 1 is 1.15 bits per heavy atom. The van der Waals surface area contributed by atoms with E-state index in [2.05, 4.69) is 10.4 Å². The van der Waals surface area contributed by atoms with Gasteiger partial charge in [0.25, 0.3) is 5.91 Å². The molecule has 3 rings (SSSR count). The van der Waals surface area contributed by atoms with Crippen molar-refractivity contribution in [2.75, 3.05) is 0 Å². The maximum atomic E-state index is 13.1. The lowest BCUT2D eigenvalue weighted by molar-refractivity contribution is 0.0949. The molecule has 2 aromatic carbocycles. The van der Waals surface area contributed by atoms with Gasteiger partial charge >= 0.3 is 0 Å². The highest BCUT2D eigenvalue weighted by molar-refractivity contribution is 6.35. The van der Waals surface area contributed by atoms with Gasteiger partial charge in [-0.05, 0) is 55.8 Å². The van der Waals surface area contributed by atoms with Gasteiger partial charge in [0.1, 0.15) is 5.82 Å². The van der Waals surface area contributed by atoms with Crippen LogP contribution in [-0.2, 0) is 6.54 Å². The minimum absolute atomic E-state index is 0.251. The molecule has 7 heteroatoms. The summed E-state index contributed by atoms with van der Waals surface area (Å²) in [4.78, 5) is 12.6. The Labute approximate surface area is 160 Å². The monoisotopic (exact) mass is 391 g/mol. The smallest absolute Gasteiger partial charge is 0.255 e.